The lowest BCUT2D eigenvalue weighted by molar-refractivity contribution is -0.119. The van der Waals surface area contributed by atoms with Gasteiger partial charge in [-0.1, -0.05) is 11.6 Å². The molecule has 0 spiro atoms. The van der Waals surface area contributed by atoms with Gasteiger partial charge in [-0.25, -0.2) is 13.1 Å². The Bertz CT molecular complexity index is 607. The Morgan fingerprint density at radius 3 is 2.67 bits per heavy atom. The molecule has 0 heterocycles. The van der Waals surface area contributed by atoms with E-state index in [1.807, 2.05) is 6.07 Å². The first-order valence-corrected chi connectivity index (χ1v) is 6.66. The van der Waals surface area contributed by atoms with Crippen molar-refractivity contribution in [3.05, 3.63) is 28.8 Å². The molecular weight excluding hydrogens is 278 g/mol. The molecule has 8 heteroatoms. The zero-order chi connectivity index (χ0) is 13.8. The number of benzene rings is 1. The fraction of sp³-hybridized carbons (Fsp3) is 0.200. The summed E-state index contributed by atoms with van der Waals surface area (Å²) in [5.41, 5.74) is 0.255. The first kappa shape index (κ1) is 14.4. The summed E-state index contributed by atoms with van der Waals surface area (Å²) in [7, 11) is -2.48. The molecule has 6 nitrogen and oxygen atoms in total. The van der Waals surface area contributed by atoms with E-state index in [0.717, 1.165) is 0 Å². The van der Waals surface area contributed by atoms with Gasteiger partial charge in [-0.2, -0.15) is 5.26 Å². The maximum absolute atomic E-state index is 11.8. The van der Waals surface area contributed by atoms with Crippen molar-refractivity contribution in [2.45, 2.75) is 4.90 Å². The van der Waals surface area contributed by atoms with Gasteiger partial charge in [-0.15, -0.1) is 0 Å². The summed E-state index contributed by atoms with van der Waals surface area (Å²) in [5, 5.41) is 10.8. The molecule has 0 saturated heterocycles. The number of nitrogens with zero attached hydrogens (tertiary/aromatic N) is 1. The molecule has 0 fully saturated rings. The number of halogens is 1. The number of nitriles is 1. The number of carbonyl (C=O) groups excluding carboxylic acids is 1. The summed E-state index contributed by atoms with van der Waals surface area (Å²) in [6.07, 6.45) is 0. The second kappa shape index (κ2) is 5.82. The Kier molecular flexibility index (Phi) is 4.67. The van der Waals surface area contributed by atoms with Crippen molar-refractivity contribution in [2.24, 2.45) is 0 Å². The predicted molar refractivity (Wildman–Crippen MR) is 65.4 cm³/mol. The van der Waals surface area contributed by atoms with Crippen LogP contribution in [0.5, 0.6) is 0 Å². The molecule has 0 bridgehead atoms. The van der Waals surface area contributed by atoms with E-state index in [9.17, 15) is 13.2 Å². The molecule has 0 aliphatic carbocycles. The average Bonchev–Trinajstić information content (AvgIpc) is 2.35. The van der Waals surface area contributed by atoms with Crippen LogP contribution in [0.4, 0.5) is 0 Å². The molecule has 2 N–H and O–H groups in total. The van der Waals surface area contributed by atoms with Crippen LogP contribution in [-0.2, 0) is 14.8 Å². The quantitative estimate of drug-likeness (QED) is 0.828. The van der Waals surface area contributed by atoms with Gasteiger partial charge in [0.05, 0.1) is 23.2 Å². The summed E-state index contributed by atoms with van der Waals surface area (Å²) in [6, 6.07) is 5.64. The molecule has 1 amide bonds. The molecular formula is C10H10ClN3O3S. The van der Waals surface area contributed by atoms with Gasteiger partial charge in [0.1, 0.15) is 4.90 Å². The lowest BCUT2D eigenvalue weighted by atomic mass is 10.2. The zero-order valence-corrected chi connectivity index (χ0v) is 11.0. The van der Waals surface area contributed by atoms with Gasteiger partial charge in [0.25, 0.3) is 0 Å². The van der Waals surface area contributed by atoms with Crippen molar-refractivity contribution in [1.29, 1.82) is 5.26 Å². The fourth-order valence-corrected chi connectivity index (χ4v) is 2.64. The second-order valence-corrected chi connectivity index (χ2v) is 5.40. The lowest BCUT2D eigenvalue weighted by Gasteiger charge is -2.07. The standard InChI is InChI=1S/C10H10ClN3O3S/c1-13-10(15)6-14-18(16,17)9-3-2-7(5-12)4-8(9)11/h2-4,14H,6H2,1H3,(H,13,15). The highest BCUT2D eigenvalue weighted by molar-refractivity contribution is 7.89. The van der Waals surface area contributed by atoms with Crippen LogP contribution in [0.15, 0.2) is 23.1 Å². The van der Waals surface area contributed by atoms with Gasteiger partial charge in [-0.05, 0) is 18.2 Å². The number of hydrogen-bond donors (Lipinski definition) is 2. The van der Waals surface area contributed by atoms with Gasteiger partial charge >= 0.3 is 0 Å². The van der Waals surface area contributed by atoms with E-state index in [2.05, 4.69) is 10.0 Å². The van der Waals surface area contributed by atoms with Crippen LogP contribution in [0, 0.1) is 11.3 Å². The number of rotatable bonds is 4. The van der Waals surface area contributed by atoms with Crippen molar-refractivity contribution in [3.63, 3.8) is 0 Å². The number of likely N-dealkylation sites (N-methyl/N-ethyl adjacent to an activating group) is 1. The molecule has 0 aliphatic heterocycles. The molecule has 0 atom stereocenters. The van der Waals surface area contributed by atoms with Crippen LogP contribution in [0.25, 0.3) is 0 Å². The van der Waals surface area contributed by atoms with Crippen LogP contribution in [0.3, 0.4) is 0 Å². The van der Waals surface area contributed by atoms with Crippen LogP contribution in [0.1, 0.15) is 5.56 Å². The molecule has 0 radical (unpaired) electrons. The summed E-state index contributed by atoms with van der Waals surface area (Å²) >= 11 is 5.77. The number of hydrogen-bond acceptors (Lipinski definition) is 4. The Balaban J connectivity index is 2.99. The summed E-state index contributed by atoms with van der Waals surface area (Å²) < 4.78 is 25.7. The van der Waals surface area contributed by atoms with Gasteiger partial charge in [0.2, 0.25) is 15.9 Å². The van der Waals surface area contributed by atoms with Gasteiger partial charge in [0, 0.05) is 7.05 Å². The average molecular weight is 288 g/mol. The van der Waals surface area contributed by atoms with E-state index in [1.54, 1.807) is 0 Å². The number of nitrogens with one attached hydrogen (secondary N) is 2. The molecule has 1 rings (SSSR count). The van der Waals surface area contributed by atoms with Crippen molar-refractivity contribution in [2.75, 3.05) is 13.6 Å². The van der Waals surface area contributed by atoms with Crippen molar-refractivity contribution >= 4 is 27.5 Å². The Morgan fingerprint density at radius 1 is 1.50 bits per heavy atom. The van der Waals surface area contributed by atoms with E-state index >= 15 is 0 Å². The monoisotopic (exact) mass is 287 g/mol. The normalized spacial score (nSPS) is 10.7. The second-order valence-electron chi connectivity index (χ2n) is 3.25. The Hall–Kier alpha value is -1.62. The molecule has 96 valence electrons. The van der Waals surface area contributed by atoms with Crippen LogP contribution < -0.4 is 10.0 Å². The van der Waals surface area contributed by atoms with Gasteiger partial charge < -0.3 is 5.32 Å². The van der Waals surface area contributed by atoms with Gasteiger partial charge in [0.15, 0.2) is 0 Å². The van der Waals surface area contributed by atoms with Crippen molar-refractivity contribution < 1.29 is 13.2 Å². The largest absolute Gasteiger partial charge is 0.358 e. The van der Waals surface area contributed by atoms with E-state index in [0.29, 0.717) is 0 Å². The summed E-state index contributed by atoms with van der Waals surface area (Å²) in [6.45, 7) is -0.380. The van der Waals surface area contributed by atoms with E-state index in [-0.39, 0.29) is 22.0 Å². The van der Waals surface area contributed by atoms with Gasteiger partial charge in [-0.3, -0.25) is 4.79 Å². The third-order valence-corrected chi connectivity index (χ3v) is 3.94. The third-order valence-electron chi connectivity index (χ3n) is 2.05. The van der Waals surface area contributed by atoms with E-state index < -0.39 is 15.9 Å². The SMILES string of the molecule is CNC(=O)CNS(=O)(=O)c1ccc(C#N)cc1Cl. The maximum Gasteiger partial charge on any atom is 0.242 e. The smallest absolute Gasteiger partial charge is 0.242 e. The Labute approximate surface area is 110 Å². The molecule has 0 aromatic heterocycles. The number of amides is 1. The maximum atomic E-state index is 11.8. The minimum absolute atomic E-state index is 0.0709. The highest BCUT2D eigenvalue weighted by atomic mass is 35.5. The highest BCUT2D eigenvalue weighted by Gasteiger charge is 2.18. The summed E-state index contributed by atoms with van der Waals surface area (Å²) in [4.78, 5) is 10.8. The topological polar surface area (TPSA) is 99.1 Å². The molecule has 0 saturated carbocycles. The zero-order valence-electron chi connectivity index (χ0n) is 9.40. The minimum Gasteiger partial charge on any atom is -0.358 e. The lowest BCUT2D eigenvalue weighted by Crippen LogP contribution is -2.35. The van der Waals surface area contributed by atoms with Crippen LogP contribution in [-0.4, -0.2) is 27.9 Å². The Morgan fingerprint density at radius 2 is 2.17 bits per heavy atom. The number of carbonyl (C=O) groups is 1. The van der Waals surface area contributed by atoms with E-state index in [4.69, 9.17) is 16.9 Å². The van der Waals surface area contributed by atoms with Crippen LogP contribution >= 0.6 is 11.6 Å². The predicted octanol–water partition coefficient (Wildman–Crippen LogP) is 0.236. The molecule has 1 aromatic carbocycles. The summed E-state index contributed by atoms with van der Waals surface area (Å²) in [5.74, 6) is -0.469. The third kappa shape index (κ3) is 3.43. The van der Waals surface area contributed by atoms with E-state index in [1.165, 1.54) is 25.2 Å². The molecule has 1 aromatic rings. The first-order valence-electron chi connectivity index (χ1n) is 4.80. The minimum atomic E-state index is -3.87. The number of sulfonamides is 1. The highest BCUT2D eigenvalue weighted by Crippen LogP contribution is 2.22. The molecule has 0 unspecified atom stereocenters. The van der Waals surface area contributed by atoms with Crippen molar-refractivity contribution in [3.8, 4) is 6.07 Å². The molecule has 18 heavy (non-hydrogen) atoms. The first-order chi connectivity index (χ1) is 8.40. The fourth-order valence-electron chi connectivity index (χ4n) is 1.12. The van der Waals surface area contributed by atoms with Crippen LogP contribution in [0.2, 0.25) is 5.02 Å². The van der Waals surface area contributed by atoms with Crippen molar-refractivity contribution in [1.82, 2.24) is 10.0 Å². The molecule has 0 aliphatic rings.